The van der Waals surface area contributed by atoms with Crippen LogP contribution in [0.1, 0.15) is 11.6 Å². The van der Waals surface area contributed by atoms with Crippen LogP contribution in [0, 0.1) is 5.82 Å². The van der Waals surface area contributed by atoms with Gasteiger partial charge in [-0.05, 0) is 17.7 Å². The van der Waals surface area contributed by atoms with Crippen molar-refractivity contribution in [2.75, 3.05) is 57.4 Å². The van der Waals surface area contributed by atoms with Crippen molar-refractivity contribution in [2.24, 2.45) is 0 Å². The molecule has 1 atom stereocenters. The van der Waals surface area contributed by atoms with Gasteiger partial charge in [0, 0.05) is 32.7 Å². The van der Waals surface area contributed by atoms with Crippen molar-refractivity contribution in [3.8, 4) is 0 Å². The summed E-state index contributed by atoms with van der Waals surface area (Å²) in [6, 6.07) is 6.21. The van der Waals surface area contributed by atoms with Crippen LogP contribution in [0.25, 0.3) is 0 Å². The van der Waals surface area contributed by atoms with Crippen LogP contribution >= 0.6 is 11.8 Å². The van der Waals surface area contributed by atoms with E-state index in [1.807, 2.05) is 6.07 Å². The number of hydrogen-bond acceptors (Lipinski definition) is 5. The molecule has 3 rings (SSSR count). The smallest absolute Gasteiger partial charge is 0.233 e. The molecule has 1 aromatic rings. The second-order valence-corrected chi connectivity index (χ2v) is 7.33. The molecule has 2 aliphatic rings. The molecule has 0 spiro atoms. The van der Waals surface area contributed by atoms with Crippen LogP contribution in [-0.4, -0.2) is 79.1 Å². The molecule has 0 radical (unpaired) electrons. The van der Waals surface area contributed by atoms with Gasteiger partial charge in [0.05, 0.1) is 30.8 Å². The first-order valence-electron chi connectivity index (χ1n) is 8.84. The van der Waals surface area contributed by atoms with E-state index in [4.69, 9.17) is 4.74 Å². The van der Waals surface area contributed by atoms with Crippen LogP contribution in [0.5, 0.6) is 0 Å². The van der Waals surface area contributed by atoms with Gasteiger partial charge >= 0.3 is 0 Å². The van der Waals surface area contributed by atoms with E-state index in [0.717, 1.165) is 12.1 Å². The van der Waals surface area contributed by atoms with E-state index >= 15 is 0 Å². The lowest BCUT2D eigenvalue weighted by molar-refractivity contribution is -0.132. The first-order valence-corrected chi connectivity index (χ1v) is 9.99. The largest absolute Gasteiger partial charge is 0.378 e. The van der Waals surface area contributed by atoms with Crippen molar-refractivity contribution in [3.05, 3.63) is 35.6 Å². The van der Waals surface area contributed by atoms with Crippen LogP contribution in [0.3, 0.4) is 0 Å². The van der Waals surface area contributed by atoms with E-state index in [9.17, 15) is 14.0 Å². The Labute approximate surface area is 157 Å². The highest BCUT2D eigenvalue weighted by Crippen LogP contribution is 2.24. The van der Waals surface area contributed by atoms with E-state index in [0.29, 0.717) is 45.1 Å². The molecule has 1 N–H and O–H groups in total. The number of carbonyl (C=O) groups excluding carboxylic acids is 2. The summed E-state index contributed by atoms with van der Waals surface area (Å²) in [5.74, 6) is 0.282. The van der Waals surface area contributed by atoms with Gasteiger partial charge in [-0.2, -0.15) is 0 Å². The van der Waals surface area contributed by atoms with Gasteiger partial charge < -0.3 is 19.9 Å². The zero-order valence-corrected chi connectivity index (χ0v) is 15.5. The Hall–Kier alpha value is -1.64. The molecule has 2 fully saturated rings. The van der Waals surface area contributed by atoms with Crippen molar-refractivity contribution in [1.29, 1.82) is 0 Å². The molecule has 8 heteroatoms. The molecule has 2 heterocycles. The number of hydrogen-bond donors (Lipinski definition) is 1. The summed E-state index contributed by atoms with van der Waals surface area (Å²) in [5, 5.41) is 3.26. The number of piperazine rings is 1. The third-order valence-electron chi connectivity index (χ3n) is 4.61. The summed E-state index contributed by atoms with van der Waals surface area (Å²) in [5.41, 5.74) is 0.792. The minimum atomic E-state index is -0.300. The molecule has 2 saturated heterocycles. The van der Waals surface area contributed by atoms with Gasteiger partial charge in [-0.15, -0.1) is 11.8 Å². The summed E-state index contributed by atoms with van der Waals surface area (Å²) in [6.45, 7) is 4.29. The molecule has 142 valence electrons. The highest BCUT2D eigenvalue weighted by molar-refractivity contribution is 8.00. The molecule has 2 aliphatic heterocycles. The molecular weight excluding hydrogens is 357 g/mol. The average molecular weight is 381 g/mol. The van der Waals surface area contributed by atoms with Crippen molar-refractivity contribution < 1.29 is 18.7 Å². The van der Waals surface area contributed by atoms with Crippen LogP contribution in [0.4, 0.5) is 4.39 Å². The van der Waals surface area contributed by atoms with Gasteiger partial charge in [-0.1, -0.05) is 12.1 Å². The fourth-order valence-electron chi connectivity index (χ4n) is 3.23. The van der Waals surface area contributed by atoms with E-state index in [-0.39, 0.29) is 29.4 Å². The quantitative estimate of drug-likeness (QED) is 0.821. The van der Waals surface area contributed by atoms with Crippen LogP contribution in [0.2, 0.25) is 0 Å². The maximum absolute atomic E-state index is 13.5. The predicted octanol–water partition coefficient (Wildman–Crippen LogP) is 0.891. The van der Waals surface area contributed by atoms with Crippen molar-refractivity contribution in [2.45, 2.75) is 6.04 Å². The number of carbonyl (C=O) groups is 2. The zero-order valence-electron chi connectivity index (χ0n) is 14.7. The Morgan fingerprint density at radius 3 is 2.73 bits per heavy atom. The number of amides is 2. The number of nitrogens with zero attached hydrogens (tertiary/aromatic N) is 2. The first kappa shape index (κ1) is 19.1. The van der Waals surface area contributed by atoms with Gasteiger partial charge in [0.15, 0.2) is 0 Å². The van der Waals surface area contributed by atoms with E-state index in [1.165, 1.54) is 23.9 Å². The zero-order chi connectivity index (χ0) is 18.4. The summed E-state index contributed by atoms with van der Waals surface area (Å²) in [4.78, 5) is 28.4. The lowest BCUT2D eigenvalue weighted by Crippen LogP contribution is -2.49. The first-order chi connectivity index (χ1) is 12.6. The number of benzene rings is 1. The number of morpholine rings is 1. The minimum absolute atomic E-state index is 0.0134. The SMILES string of the molecule is O=C(CSCC(=O)N1CCNCC1c1cccc(F)c1)N1CCOCC1. The highest BCUT2D eigenvalue weighted by atomic mass is 32.2. The Morgan fingerprint density at radius 2 is 1.96 bits per heavy atom. The molecule has 26 heavy (non-hydrogen) atoms. The molecule has 0 aromatic heterocycles. The lowest BCUT2D eigenvalue weighted by atomic mass is 10.0. The number of rotatable bonds is 5. The monoisotopic (exact) mass is 381 g/mol. The predicted molar refractivity (Wildman–Crippen MR) is 98.4 cm³/mol. The van der Waals surface area contributed by atoms with Crippen molar-refractivity contribution in [3.63, 3.8) is 0 Å². The van der Waals surface area contributed by atoms with Crippen LogP contribution < -0.4 is 5.32 Å². The Bertz CT molecular complexity index is 640. The van der Waals surface area contributed by atoms with Crippen LogP contribution in [0.15, 0.2) is 24.3 Å². The summed E-state index contributed by atoms with van der Waals surface area (Å²) < 4.78 is 18.8. The van der Waals surface area contributed by atoms with E-state index < -0.39 is 0 Å². The fourth-order valence-corrected chi connectivity index (χ4v) is 4.03. The maximum atomic E-state index is 13.5. The molecule has 0 aliphatic carbocycles. The highest BCUT2D eigenvalue weighted by Gasteiger charge is 2.28. The summed E-state index contributed by atoms with van der Waals surface area (Å²) in [7, 11) is 0. The third-order valence-corrected chi connectivity index (χ3v) is 5.51. The number of nitrogens with one attached hydrogen (secondary N) is 1. The van der Waals surface area contributed by atoms with Crippen LogP contribution in [-0.2, 0) is 14.3 Å². The second kappa shape index (κ2) is 9.34. The number of thioether (sulfide) groups is 1. The number of ether oxygens (including phenoxy) is 1. The Kier molecular flexibility index (Phi) is 6.87. The van der Waals surface area contributed by atoms with Gasteiger partial charge in [-0.3, -0.25) is 9.59 Å². The van der Waals surface area contributed by atoms with Crippen molar-refractivity contribution >= 4 is 23.6 Å². The van der Waals surface area contributed by atoms with Crippen molar-refractivity contribution in [1.82, 2.24) is 15.1 Å². The average Bonchev–Trinajstić information content (AvgIpc) is 2.68. The summed E-state index contributed by atoms with van der Waals surface area (Å²) in [6.07, 6.45) is 0. The van der Waals surface area contributed by atoms with Gasteiger partial charge in [0.2, 0.25) is 11.8 Å². The minimum Gasteiger partial charge on any atom is -0.378 e. The van der Waals surface area contributed by atoms with Gasteiger partial charge in [0.1, 0.15) is 5.82 Å². The standard InChI is InChI=1S/C18H24FN3O3S/c19-15-3-1-2-14(10-15)16-11-20-4-5-22(16)18(24)13-26-12-17(23)21-6-8-25-9-7-21/h1-3,10,16,20H,4-9,11-13H2. The molecule has 6 nitrogen and oxygen atoms in total. The number of halogens is 1. The molecular formula is C18H24FN3O3S. The Balaban J connectivity index is 1.52. The molecule has 0 saturated carbocycles. The molecule has 1 unspecified atom stereocenters. The topological polar surface area (TPSA) is 61.9 Å². The second-order valence-electron chi connectivity index (χ2n) is 6.35. The molecule has 1 aromatic carbocycles. The van der Waals surface area contributed by atoms with Gasteiger partial charge in [-0.25, -0.2) is 4.39 Å². The van der Waals surface area contributed by atoms with E-state index in [1.54, 1.807) is 15.9 Å². The Morgan fingerprint density at radius 1 is 1.19 bits per heavy atom. The fraction of sp³-hybridized carbons (Fsp3) is 0.556. The normalized spacial score (nSPS) is 20.9. The van der Waals surface area contributed by atoms with Gasteiger partial charge in [0.25, 0.3) is 0 Å². The maximum Gasteiger partial charge on any atom is 0.233 e. The summed E-state index contributed by atoms with van der Waals surface area (Å²) >= 11 is 1.34. The third kappa shape index (κ3) is 4.96. The molecule has 0 bridgehead atoms. The molecule has 2 amide bonds. The van der Waals surface area contributed by atoms with E-state index in [2.05, 4.69) is 5.32 Å². The lowest BCUT2D eigenvalue weighted by Gasteiger charge is -2.36.